The molecule has 1 fully saturated rings. The minimum Gasteiger partial charge on any atom is -0.457 e. The van der Waals surface area contributed by atoms with Gasteiger partial charge in [-0.3, -0.25) is 4.79 Å². The molecular formula is C30H37N3O5. The van der Waals surface area contributed by atoms with E-state index in [1.54, 1.807) is 35.3 Å². The van der Waals surface area contributed by atoms with Crippen molar-refractivity contribution in [2.75, 3.05) is 31.1 Å². The molecule has 0 bridgehead atoms. The summed E-state index contributed by atoms with van der Waals surface area (Å²) in [6, 6.07) is 12.8. The van der Waals surface area contributed by atoms with Gasteiger partial charge in [-0.25, -0.2) is 14.6 Å². The van der Waals surface area contributed by atoms with Crippen LogP contribution in [0.4, 0.5) is 10.5 Å². The molecule has 8 heteroatoms. The predicted molar refractivity (Wildman–Crippen MR) is 149 cm³/mol. The molecule has 1 amide bonds. The van der Waals surface area contributed by atoms with Crippen molar-refractivity contribution < 1.29 is 23.9 Å². The summed E-state index contributed by atoms with van der Waals surface area (Å²) in [7, 11) is 0. The van der Waals surface area contributed by atoms with Crippen molar-refractivity contribution in [2.45, 2.75) is 52.7 Å². The molecule has 0 aliphatic carbocycles. The Morgan fingerprint density at radius 3 is 1.97 bits per heavy atom. The van der Waals surface area contributed by atoms with E-state index >= 15 is 0 Å². The van der Waals surface area contributed by atoms with Crippen LogP contribution in [0.1, 0.15) is 63.3 Å². The van der Waals surface area contributed by atoms with Gasteiger partial charge < -0.3 is 19.3 Å². The fourth-order valence-electron chi connectivity index (χ4n) is 3.73. The van der Waals surface area contributed by atoms with Gasteiger partial charge in [0.25, 0.3) is 0 Å². The molecule has 0 atom stereocenters. The number of carbonyl (C=O) groups excluding carboxylic acids is 3. The highest BCUT2D eigenvalue weighted by molar-refractivity contribution is 6.07. The molecule has 1 aliphatic heterocycles. The molecule has 0 spiro atoms. The van der Waals surface area contributed by atoms with Crippen molar-refractivity contribution in [3.63, 3.8) is 0 Å². The highest BCUT2D eigenvalue weighted by atomic mass is 16.6. The number of anilines is 1. The molecule has 1 aromatic carbocycles. The normalized spacial score (nSPS) is 14.7. The number of allylic oxidation sites excluding steroid dienone is 1. The second-order valence-corrected chi connectivity index (χ2v) is 11.1. The Labute approximate surface area is 224 Å². The average Bonchev–Trinajstić information content (AvgIpc) is 2.84. The number of aromatic nitrogens is 1. The molecule has 8 nitrogen and oxygen atoms in total. The fraction of sp³-hybridized carbons (Fsp3) is 0.400. The van der Waals surface area contributed by atoms with Gasteiger partial charge in [0.2, 0.25) is 0 Å². The summed E-state index contributed by atoms with van der Waals surface area (Å²) in [6.07, 6.45) is 5.76. The third-order valence-corrected chi connectivity index (χ3v) is 5.42. The van der Waals surface area contributed by atoms with Crippen LogP contribution in [0, 0.1) is 0 Å². The van der Waals surface area contributed by atoms with E-state index in [0.717, 1.165) is 5.69 Å². The van der Waals surface area contributed by atoms with Crippen molar-refractivity contribution in [1.82, 2.24) is 9.88 Å². The molecule has 3 rings (SSSR count). The van der Waals surface area contributed by atoms with Gasteiger partial charge in [-0.05, 0) is 84.0 Å². The summed E-state index contributed by atoms with van der Waals surface area (Å²) in [5, 5.41) is 0. The number of pyridine rings is 1. The van der Waals surface area contributed by atoms with Crippen LogP contribution >= 0.6 is 0 Å². The number of hydrogen-bond donors (Lipinski definition) is 0. The molecule has 0 radical (unpaired) electrons. The van der Waals surface area contributed by atoms with E-state index in [4.69, 9.17) is 9.47 Å². The van der Waals surface area contributed by atoms with Crippen LogP contribution in [0.15, 0.2) is 54.6 Å². The summed E-state index contributed by atoms with van der Waals surface area (Å²) < 4.78 is 10.7. The number of rotatable bonds is 6. The number of benzene rings is 1. The molecule has 38 heavy (non-hydrogen) atoms. The number of nitrogens with zero attached hydrogens (tertiary/aromatic N) is 3. The standard InChI is InChI=1S/C30H37N3O5/c1-29(2,3)37-27(35)16-14-24-11-8-10-23(31-24)13-15-26(34)22-9-7-12-25(21-22)32-17-19-33(20-18-32)28(36)38-30(4,5)6/h7-16,21H,17-20H2,1-6H3. The van der Waals surface area contributed by atoms with E-state index in [9.17, 15) is 14.4 Å². The zero-order chi connectivity index (χ0) is 27.9. The highest BCUT2D eigenvalue weighted by Crippen LogP contribution is 2.20. The van der Waals surface area contributed by atoms with Crippen molar-refractivity contribution >= 4 is 35.7 Å². The van der Waals surface area contributed by atoms with Crippen molar-refractivity contribution in [2.24, 2.45) is 0 Å². The molecule has 1 aliphatic rings. The molecule has 2 aromatic rings. The molecular weight excluding hydrogens is 482 g/mol. The minimum atomic E-state index is -0.564. The molecule has 0 N–H and O–H groups in total. The van der Waals surface area contributed by atoms with Crippen molar-refractivity contribution in [3.8, 4) is 0 Å². The summed E-state index contributed by atoms with van der Waals surface area (Å²) >= 11 is 0. The third-order valence-electron chi connectivity index (χ3n) is 5.42. The van der Waals surface area contributed by atoms with Crippen LogP contribution in [0.2, 0.25) is 0 Å². The van der Waals surface area contributed by atoms with Crippen LogP contribution < -0.4 is 4.90 Å². The maximum atomic E-state index is 12.9. The molecule has 0 saturated carbocycles. The van der Waals surface area contributed by atoms with Gasteiger partial charge in [0.05, 0.1) is 11.4 Å². The maximum Gasteiger partial charge on any atom is 0.410 e. The Morgan fingerprint density at radius 1 is 0.789 bits per heavy atom. The number of hydrogen-bond acceptors (Lipinski definition) is 7. The Hall–Kier alpha value is -3.94. The van der Waals surface area contributed by atoms with Crippen LogP contribution in [-0.4, -0.2) is 65.1 Å². The van der Waals surface area contributed by atoms with E-state index in [1.165, 1.54) is 12.2 Å². The Kier molecular flexibility index (Phi) is 9.09. The van der Waals surface area contributed by atoms with Crippen LogP contribution in [0.3, 0.4) is 0 Å². The lowest BCUT2D eigenvalue weighted by molar-refractivity contribution is -0.148. The molecule has 0 unspecified atom stereocenters. The van der Waals surface area contributed by atoms with Gasteiger partial charge in [-0.1, -0.05) is 18.2 Å². The van der Waals surface area contributed by atoms with E-state index < -0.39 is 17.2 Å². The SMILES string of the molecule is CC(C)(C)OC(=O)C=Cc1cccc(C=CC(=O)c2cccc(N3CCN(C(=O)OC(C)(C)C)CC3)c2)n1. The van der Waals surface area contributed by atoms with E-state index in [-0.39, 0.29) is 11.9 Å². The molecule has 2 heterocycles. The van der Waals surface area contributed by atoms with Crippen LogP contribution in [0.5, 0.6) is 0 Å². The van der Waals surface area contributed by atoms with Crippen LogP contribution in [-0.2, 0) is 14.3 Å². The van der Waals surface area contributed by atoms with Crippen molar-refractivity contribution in [3.05, 3.63) is 71.6 Å². The average molecular weight is 520 g/mol. The molecule has 202 valence electrons. The Balaban J connectivity index is 1.60. The number of esters is 1. The number of amides is 1. The first-order chi connectivity index (χ1) is 17.8. The zero-order valence-corrected chi connectivity index (χ0v) is 23.1. The van der Waals surface area contributed by atoms with Gasteiger partial charge in [-0.15, -0.1) is 0 Å². The van der Waals surface area contributed by atoms with E-state index in [1.807, 2.05) is 65.8 Å². The lowest BCUT2D eigenvalue weighted by Gasteiger charge is -2.36. The fourth-order valence-corrected chi connectivity index (χ4v) is 3.73. The first kappa shape index (κ1) is 28.6. The van der Waals surface area contributed by atoms with E-state index in [2.05, 4.69) is 9.88 Å². The third kappa shape index (κ3) is 9.18. The number of carbonyl (C=O) groups is 3. The second-order valence-electron chi connectivity index (χ2n) is 11.1. The summed E-state index contributed by atoms with van der Waals surface area (Å²) in [6.45, 7) is 13.4. The Morgan fingerprint density at radius 2 is 1.37 bits per heavy atom. The lowest BCUT2D eigenvalue weighted by atomic mass is 10.1. The quantitative estimate of drug-likeness (QED) is 0.287. The first-order valence-corrected chi connectivity index (χ1v) is 12.7. The van der Waals surface area contributed by atoms with Gasteiger partial charge in [-0.2, -0.15) is 0 Å². The van der Waals surface area contributed by atoms with Gasteiger partial charge >= 0.3 is 12.1 Å². The number of ketones is 1. The zero-order valence-electron chi connectivity index (χ0n) is 23.1. The van der Waals surface area contributed by atoms with Crippen LogP contribution in [0.25, 0.3) is 12.2 Å². The maximum absolute atomic E-state index is 12.9. The minimum absolute atomic E-state index is 0.143. The lowest BCUT2D eigenvalue weighted by Crippen LogP contribution is -2.50. The van der Waals surface area contributed by atoms with Gasteiger partial charge in [0.1, 0.15) is 11.2 Å². The molecule has 1 aromatic heterocycles. The number of ether oxygens (including phenoxy) is 2. The predicted octanol–water partition coefficient (Wildman–Crippen LogP) is 5.39. The number of piperazine rings is 1. The van der Waals surface area contributed by atoms with E-state index in [0.29, 0.717) is 43.1 Å². The monoisotopic (exact) mass is 519 g/mol. The summed E-state index contributed by atoms with van der Waals surface area (Å²) in [5.74, 6) is -0.586. The summed E-state index contributed by atoms with van der Waals surface area (Å²) in [5.41, 5.74) is 1.59. The van der Waals surface area contributed by atoms with Gasteiger partial charge in [0.15, 0.2) is 5.78 Å². The smallest absolute Gasteiger partial charge is 0.410 e. The van der Waals surface area contributed by atoms with Gasteiger partial charge in [0, 0.05) is 43.5 Å². The summed E-state index contributed by atoms with van der Waals surface area (Å²) in [4.78, 5) is 45.4. The highest BCUT2D eigenvalue weighted by Gasteiger charge is 2.26. The second kappa shape index (κ2) is 12.1. The first-order valence-electron chi connectivity index (χ1n) is 12.7. The Bertz CT molecular complexity index is 1210. The topological polar surface area (TPSA) is 89.0 Å². The van der Waals surface area contributed by atoms with Crippen molar-refractivity contribution in [1.29, 1.82) is 0 Å². The molecule has 1 saturated heterocycles. The largest absolute Gasteiger partial charge is 0.457 e.